The van der Waals surface area contributed by atoms with Crippen molar-refractivity contribution in [3.63, 3.8) is 0 Å². The summed E-state index contributed by atoms with van der Waals surface area (Å²) in [6, 6.07) is 0. The Bertz CT molecular complexity index is 134. The van der Waals surface area contributed by atoms with Crippen LogP contribution in [0, 0.1) is 5.92 Å². The standard InChI is InChI=1S/C10H18O/c1-3-9(2)10(11)7-5-4-6-8-10/h3,9,11H,1,4-8H2,2H3. The Balaban J connectivity index is 2.55. The van der Waals surface area contributed by atoms with Crippen molar-refractivity contribution in [2.24, 2.45) is 5.92 Å². The number of hydrogen-bond donors (Lipinski definition) is 1. The van der Waals surface area contributed by atoms with E-state index < -0.39 is 5.60 Å². The van der Waals surface area contributed by atoms with Crippen LogP contribution in [0.15, 0.2) is 12.7 Å². The van der Waals surface area contributed by atoms with Crippen molar-refractivity contribution in [1.82, 2.24) is 0 Å². The predicted molar refractivity (Wildman–Crippen MR) is 47.4 cm³/mol. The minimum absolute atomic E-state index is 0.253. The maximum Gasteiger partial charge on any atom is 0.0707 e. The molecule has 1 heteroatoms. The third kappa shape index (κ3) is 1.84. The van der Waals surface area contributed by atoms with E-state index >= 15 is 0 Å². The van der Waals surface area contributed by atoms with E-state index in [1.165, 1.54) is 19.3 Å². The molecule has 0 heterocycles. The Morgan fingerprint density at radius 3 is 2.36 bits per heavy atom. The van der Waals surface area contributed by atoms with Crippen molar-refractivity contribution in [3.05, 3.63) is 12.7 Å². The minimum atomic E-state index is -0.431. The maximum atomic E-state index is 10.1. The molecule has 0 radical (unpaired) electrons. The lowest BCUT2D eigenvalue weighted by molar-refractivity contribution is -0.0272. The van der Waals surface area contributed by atoms with Gasteiger partial charge in [-0.1, -0.05) is 32.3 Å². The molecule has 0 aromatic carbocycles. The number of rotatable bonds is 2. The monoisotopic (exact) mass is 154 g/mol. The van der Waals surface area contributed by atoms with E-state index in [0.29, 0.717) is 0 Å². The Kier molecular flexibility index (Phi) is 2.72. The average molecular weight is 154 g/mol. The fraction of sp³-hybridized carbons (Fsp3) is 0.800. The van der Waals surface area contributed by atoms with Crippen LogP contribution in [0.1, 0.15) is 39.0 Å². The highest BCUT2D eigenvalue weighted by atomic mass is 16.3. The first kappa shape index (κ1) is 8.79. The van der Waals surface area contributed by atoms with Crippen molar-refractivity contribution in [3.8, 4) is 0 Å². The van der Waals surface area contributed by atoms with Crippen LogP contribution in [0.5, 0.6) is 0 Å². The molecule has 1 fully saturated rings. The van der Waals surface area contributed by atoms with Gasteiger partial charge in [0.05, 0.1) is 5.60 Å². The molecule has 0 aromatic rings. The summed E-state index contributed by atoms with van der Waals surface area (Å²) in [6.45, 7) is 5.77. The van der Waals surface area contributed by atoms with Crippen molar-refractivity contribution < 1.29 is 5.11 Å². The van der Waals surface area contributed by atoms with Crippen LogP contribution in [0.3, 0.4) is 0 Å². The average Bonchev–Trinajstić information content (AvgIpc) is 2.04. The van der Waals surface area contributed by atoms with Gasteiger partial charge in [-0.05, 0) is 12.8 Å². The van der Waals surface area contributed by atoms with Crippen molar-refractivity contribution in [2.45, 2.75) is 44.6 Å². The summed E-state index contributed by atoms with van der Waals surface area (Å²) in [7, 11) is 0. The van der Waals surface area contributed by atoms with Crippen LogP contribution >= 0.6 is 0 Å². The van der Waals surface area contributed by atoms with Crippen molar-refractivity contribution in [2.75, 3.05) is 0 Å². The molecule has 0 aliphatic heterocycles. The van der Waals surface area contributed by atoms with Crippen LogP contribution in [-0.4, -0.2) is 10.7 Å². The van der Waals surface area contributed by atoms with E-state index in [2.05, 4.69) is 13.5 Å². The van der Waals surface area contributed by atoms with Gasteiger partial charge in [0.25, 0.3) is 0 Å². The number of hydrogen-bond acceptors (Lipinski definition) is 1. The molecule has 1 rings (SSSR count). The van der Waals surface area contributed by atoms with Gasteiger partial charge in [0.15, 0.2) is 0 Å². The molecule has 1 nitrogen and oxygen atoms in total. The first-order chi connectivity index (χ1) is 5.19. The normalized spacial score (nSPS) is 26.0. The largest absolute Gasteiger partial charge is 0.389 e. The van der Waals surface area contributed by atoms with Crippen molar-refractivity contribution in [1.29, 1.82) is 0 Å². The third-order valence-electron chi connectivity index (χ3n) is 2.92. The molecular formula is C10H18O. The molecule has 1 unspecified atom stereocenters. The van der Waals surface area contributed by atoms with E-state index in [-0.39, 0.29) is 5.92 Å². The number of aliphatic hydroxyl groups is 1. The molecule has 0 saturated heterocycles. The van der Waals surface area contributed by atoms with Crippen LogP contribution in [0.2, 0.25) is 0 Å². The lowest BCUT2D eigenvalue weighted by Gasteiger charge is -2.35. The molecule has 1 aliphatic rings. The summed E-state index contributed by atoms with van der Waals surface area (Å²) in [5, 5.41) is 10.1. The van der Waals surface area contributed by atoms with Gasteiger partial charge in [0.2, 0.25) is 0 Å². The van der Waals surface area contributed by atoms with Gasteiger partial charge >= 0.3 is 0 Å². The third-order valence-corrected chi connectivity index (χ3v) is 2.92. The molecule has 1 saturated carbocycles. The van der Waals surface area contributed by atoms with Gasteiger partial charge in [0.1, 0.15) is 0 Å². The molecule has 1 atom stereocenters. The fourth-order valence-electron chi connectivity index (χ4n) is 1.84. The highest BCUT2D eigenvalue weighted by Gasteiger charge is 2.32. The second-order valence-electron chi connectivity index (χ2n) is 3.69. The van der Waals surface area contributed by atoms with E-state index in [9.17, 15) is 5.11 Å². The van der Waals surface area contributed by atoms with Crippen LogP contribution < -0.4 is 0 Å². The lowest BCUT2D eigenvalue weighted by Crippen LogP contribution is -2.37. The molecule has 0 amide bonds. The van der Waals surface area contributed by atoms with E-state index in [0.717, 1.165) is 12.8 Å². The van der Waals surface area contributed by atoms with E-state index in [1.807, 2.05) is 6.08 Å². The highest BCUT2D eigenvalue weighted by Crippen LogP contribution is 2.34. The van der Waals surface area contributed by atoms with Gasteiger partial charge in [-0.15, -0.1) is 6.58 Å². The topological polar surface area (TPSA) is 20.2 Å². The Hall–Kier alpha value is -0.300. The summed E-state index contributed by atoms with van der Waals surface area (Å²) in [4.78, 5) is 0. The molecule has 11 heavy (non-hydrogen) atoms. The van der Waals surface area contributed by atoms with Gasteiger partial charge < -0.3 is 5.11 Å². The van der Waals surface area contributed by atoms with Crippen LogP contribution in [0.25, 0.3) is 0 Å². The van der Waals surface area contributed by atoms with E-state index in [1.54, 1.807) is 0 Å². The molecule has 0 aromatic heterocycles. The Morgan fingerprint density at radius 1 is 1.36 bits per heavy atom. The van der Waals surface area contributed by atoms with Crippen LogP contribution in [-0.2, 0) is 0 Å². The minimum Gasteiger partial charge on any atom is -0.389 e. The Morgan fingerprint density at radius 2 is 1.91 bits per heavy atom. The Labute approximate surface area is 69.1 Å². The SMILES string of the molecule is C=CC(C)C1(O)CCCCC1. The molecule has 64 valence electrons. The summed E-state index contributed by atoms with van der Waals surface area (Å²) in [5.41, 5.74) is -0.431. The molecule has 0 spiro atoms. The maximum absolute atomic E-state index is 10.1. The quantitative estimate of drug-likeness (QED) is 0.606. The second kappa shape index (κ2) is 3.40. The first-order valence-electron chi connectivity index (χ1n) is 4.54. The molecule has 0 bridgehead atoms. The zero-order chi connectivity index (χ0) is 8.32. The summed E-state index contributed by atoms with van der Waals surface area (Å²) < 4.78 is 0. The molecule has 1 N–H and O–H groups in total. The molecule has 1 aliphatic carbocycles. The summed E-state index contributed by atoms with van der Waals surface area (Å²) in [5.74, 6) is 0.253. The van der Waals surface area contributed by atoms with Crippen molar-refractivity contribution >= 4 is 0 Å². The summed E-state index contributed by atoms with van der Waals surface area (Å²) in [6.07, 6.45) is 7.42. The first-order valence-corrected chi connectivity index (χ1v) is 4.54. The van der Waals surface area contributed by atoms with Gasteiger partial charge in [-0.3, -0.25) is 0 Å². The zero-order valence-corrected chi connectivity index (χ0v) is 7.34. The lowest BCUT2D eigenvalue weighted by atomic mass is 9.76. The van der Waals surface area contributed by atoms with E-state index in [4.69, 9.17) is 0 Å². The fourth-order valence-corrected chi connectivity index (χ4v) is 1.84. The second-order valence-corrected chi connectivity index (χ2v) is 3.69. The highest BCUT2D eigenvalue weighted by molar-refractivity contribution is 4.94. The van der Waals surface area contributed by atoms with Gasteiger partial charge in [0, 0.05) is 5.92 Å². The van der Waals surface area contributed by atoms with Gasteiger partial charge in [-0.2, -0.15) is 0 Å². The summed E-state index contributed by atoms with van der Waals surface area (Å²) >= 11 is 0. The van der Waals surface area contributed by atoms with Gasteiger partial charge in [-0.25, -0.2) is 0 Å². The predicted octanol–water partition coefficient (Wildman–Crippen LogP) is 2.50. The molecular weight excluding hydrogens is 136 g/mol. The van der Waals surface area contributed by atoms with Crippen LogP contribution in [0.4, 0.5) is 0 Å². The zero-order valence-electron chi connectivity index (χ0n) is 7.34. The smallest absolute Gasteiger partial charge is 0.0707 e.